The number of hydrogen-bond donors (Lipinski definition) is 2. The van der Waals surface area contributed by atoms with Gasteiger partial charge in [-0.15, -0.1) is 0 Å². The van der Waals surface area contributed by atoms with Crippen LogP contribution in [-0.4, -0.2) is 25.7 Å². The first-order valence-corrected chi connectivity index (χ1v) is 5.83. The summed E-state index contributed by atoms with van der Waals surface area (Å²) in [6.07, 6.45) is 1.01. The molecule has 1 aromatic carbocycles. The van der Waals surface area contributed by atoms with E-state index in [1.54, 1.807) is 7.05 Å². The predicted molar refractivity (Wildman–Crippen MR) is 68.4 cm³/mol. The van der Waals surface area contributed by atoms with Crippen molar-refractivity contribution in [3.05, 3.63) is 29.8 Å². The third-order valence-corrected chi connectivity index (χ3v) is 2.22. The summed E-state index contributed by atoms with van der Waals surface area (Å²) in [5.41, 5.74) is 1.18. The molecule has 1 aromatic rings. The summed E-state index contributed by atoms with van der Waals surface area (Å²) < 4.78 is 5.55. The zero-order chi connectivity index (χ0) is 12.7. The highest BCUT2D eigenvalue weighted by atomic mass is 16.5. The lowest BCUT2D eigenvalue weighted by Gasteiger charge is -2.10. The molecule has 0 spiro atoms. The maximum atomic E-state index is 10.9. The van der Waals surface area contributed by atoms with Gasteiger partial charge in [-0.1, -0.05) is 12.1 Å². The molecule has 0 heterocycles. The van der Waals surface area contributed by atoms with E-state index < -0.39 is 0 Å². The van der Waals surface area contributed by atoms with Gasteiger partial charge in [0.1, 0.15) is 5.75 Å². The Morgan fingerprint density at radius 1 is 1.29 bits per heavy atom. The van der Waals surface area contributed by atoms with Gasteiger partial charge in [-0.3, -0.25) is 0 Å². The molecule has 0 saturated heterocycles. The van der Waals surface area contributed by atoms with Crippen LogP contribution in [0, 0.1) is 0 Å². The molecule has 4 nitrogen and oxygen atoms in total. The van der Waals surface area contributed by atoms with Crippen molar-refractivity contribution in [2.45, 2.75) is 26.4 Å². The van der Waals surface area contributed by atoms with Crippen molar-refractivity contribution < 1.29 is 9.53 Å². The van der Waals surface area contributed by atoms with Crippen LogP contribution in [0.2, 0.25) is 0 Å². The van der Waals surface area contributed by atoms with Crippen LogP contribution in [-0.2, 0) is 6.42 Å². The number of amides is 2. The van der Waals surface area contributed by atoms with Gasteiger partial charge in [0.05, 0.1) is 6.10 Å². The molecule has 1 rings (SSSR count). The molecular weight excluding hydrogens is 216 g/mol. The highest BCUT2D eigenvalue weighted by Crippen LogP contribution is 2.13. The SMILES string of the molecule is CNC(=O)NCCc1ccc(OC(C)C)cc1. The number of carbonyl (C=O) groups excluding carboxylic acids is 1. The minimum atomic E-state index is -0.148. The molecule has 0 fully saturated rings. The minimum absolute atomic E-state index is 0.148. The van der Waals surface area contributed by atoms with Gasteiger partial charge in [0.2, 0.25) is 0 Å². The molecule has 94 valence electrons. The molecule has 0 aliphatic carbocycles. The van der Waals surface area contributed by atoms with Crippen LogP contribution in [0.15, 0.2) is 24.3 Å². The Morgan fingerprint density at radius 2 is 1.94 bits per heavy atom. The normalized spacial score (nSPS) is 10.1. The van der Waals surface area contributed by atoms with Gasteiger partial charge >= 0.3 is 6.03 Å². The van der Waals surface area contributed by atoms with Crippen molar-refractivity contribution in [3.63, 3.8) is 0 Å². The van der Waals surface area contributed by atoms with Crippen LogP contribution >= 0.6 is 0 Å². The largest absolute Gasteiger partial charge is 0.491 e. The number of nitrogens with one attached hydrogen (secondary N) is 2. The van der Waals surface area contributed by atoms with Crippen molar-refractivity contribution in [2.75, 3.05) is 13.6 Å². The zero-order valence-corrected chi connectivity index (χ0v) is 10.6. The quantitative estimate of drug-likeness (QED) is 0.821. The summed E-state index contributed by atoms with van der Waals surface area (Å²) in [7, 11) is 1.60. The Bertz CT molecular complexity index is 347. The number of ether oxygens (including phenoxy) is 1. The van der Waals surface area contributed by atoms with E-state index in [2.05, 4.69) is 10.6 Å². The molecule has 0 aliphatic heterocycles. The summed E-state index contributed by atoms with van der Waals surface area (Å²) in [5.74, 6) is 0.878. The summed E-state index contributed by atoms with van der Waals surface area (Å²) in [6.45, 7) is 4.63. The summed E-state index contributed by atoms with van der Waals surface area (Å²) >= 11 is 0. The zero-order valence-electron chi connectivity index (χ0n) is 10.6. The lowest BCUT2D eigenvalue weighted by atomic mass is 10.1. The van der Waals surface area contributed by atoms with Crippen molar-refractivity contribution in [3.8, 4) is 5.75 Å². The van der Waals surface area contributed by atoms with Gasteiger partial charge in [-0.2, -0.15) is 0 Å². The van der Waals surface area contributed by atoms with Gasteiger partial charge in [-0.25, -0.2) is 4.79 Å². The molecule has 0 unspecified atom stereocenters. The Hall–Kier alpha value is -1.71. The molecule has 2 N–H and O–H groups in total. The second-order valence-corrected chi connectivity index (χ2v) is 4.07. The van der Waals surface area contributed by atoms with Gasteiger partial charge < -0.3 is 15.4 Å². The van der Waals surface area contributed by atoms with E-state index in [1.807, 2.05) is 38.1 Å². The van der Waals surface area contributed by atoms with Crippen LogP contribution < -0.4 is 15.4 Å². The fourth-order valence-electron chi connectivity index (χ4n) is 1.42. The molecule has 2 amide bonds. The Kier molecular flexibility index (Phi) is 5.33. The topological polar surface area (TPSA) is 50.4 Å². The molecule has 0 aliphatic rings. The first-order chi connectivity index (χ1) is 8.11. The van der Waals surface area contributed by atoms with Crippen LogP contribution in [0.5, 0.6) is 5.75 Å². The first kappa shape index (κ1) is 13.4. The molecule has 0 atom stereocenters. The third kappa shape index (κ3) is 5.24. The van der Waals surface area contributed by atoms with Gasteiger partial charge in [0.25, 0.3) is 0 Å². The summed E-state index contributed by atoms with van der Waals surface area (Å²) in [6, 6.07) is 7.79. The number of rotatable bonds is 5. The lowest BCUT2D eigenvalue weighted by molar-refractivity contribution is 0.241. The second-order valence-electron chi connectivity index (χ2n) is 4.07. The third-order valence-electron chi connectivity index (χ3n) is 2.22. The average Bonchev–Trinajstić information content (AvgIpc) is 2.30. The van der Waals surface area contributed by atoms with E-state index in [0.29, 0.717) is 6.54 Å². The Morgan fingerprint density at radius 3 is 2.47 bits per heavy atom. The predicted octanol–water partition coefficient (Wildman–Crippen LogP) is 1.95. The standard InChI is InChI=1S/C13H20N2O2/c1-10(2)17-12-6-4-11(5-7-12)8-9-15-13(16)14-3/h4-7,10H,8-9H2,1-3H3,(H2,14,15,16). The van der Waals surface area contributed by atoms with Crippen LogP contribution in [0.25, 0.3) is 0 Å². The highest BCUT2D eigenvalue weighted by Gasteiger charge is 1.99. The van der Waals surface area contributed by atoms with E-state index in [9.17, 15) is 4.79 Å². The van der Waals surface area contributed by atoms with Gasteiger partial charge in [-0.05, 0) is 38.0 Å². The Labute approximate surface area is 102 Å². The van der Waals surface area contributed by atoms with Crippen LogP contribution in [0.1, 0.15) is 19.4 Å². The van der Waals surface area contributed by atoms with Gasteiger partial charge in [0, 0.05) is 13.6 Å². The van der Waals surface area contributed by atoms with Gasteiger partial charge in [0.15, 0.2) is 0 Å². The molecule has 17 heavy (non-hydrogen) atoms. The maximum absolute atomic E-state index is 10.9. The molecule has 0 aromatic heterocycles. The number of carbonyl (C=O) groups is 1. The molecule has 0 bridgehead atoms. The minimum Gasteiger partial charge on any atom is -0.491 e. The number of benzene rings is 1. The monoisotopic (exact) mass is 236 g/mol. The first-order valence-electron chi connectivity index (χ1n) is 5.83. The lowest BCUT2D eigenvalue weighted by Crippen LogP contribution is -2.33. The van der Waals surface area contributed by atoms with E-state index in [1.165, 1.54) is 5.56 Å². The van der Waals surface area contributed by atoms with Crippen LogP contribution in [0.3, 0.4) is 0 Å². The smallest absolute Gasteiger partial charge is 0.314 e. The molecule has 0 saturated carbocycles. The average molecular weight is 236 g/mol. The Balaban J connectivity index is 2.37. The number of urea groups is 1. The number of hydrogen-bond acceptors (Lipinski definition) is 2. The molecule has 0 radical (unpaired) electrons. The highest BCUT2D eigenvalue weighted by molar-refractivity contribution is 5.73. The maximum Gasteiger partial charge on any atom is 0.314 e. The fraction of sp³-hybridized carbons (Fsp3) is 0.462. The van der Waals surface area contributed by atoms with Crippen molar-refractivity contribution >= 4 is 6.03 Å². The van der Waals surface area contributed by atoms with E-state index >= 15 is 0 Å². The van der Waals surface area contributed by atoms with Crippen molar-refractivity contribution in [1.29, 1.82) is 0 Å². The summed E-state index contributed by atoms with van der Waals surface area (Å²) in [4.78, 5) is 10.9. The molecule has 4 heteroatoms. The van der Waals surface area contributed by atoms with E-state index in [-0.39, 0.29) is 12.1 Å². The van der Waals surface area contributed by atoms with E-state index in [4.69, 9.17) is 4.74 Å². The van der Waals surface area contributed by atoms with Crippen LogP contribution in [0.4, 0.5) is 4.79 Å². The summed E-state index contributed by atoms with van der Waals surface area (Å²) in [5, 5.41) is 5.26. The van der Waals surface area contributed by atoms with E-state index in [0.717, 1.165) is 12.2 Å². The fourth-order valence-corrected chi connectivity index (χ4v) is 1.42. The second kappa shape index (κ2) is 6.78. The van der Waals surface area contributed by atoms with Crippen molar-refractivity contribution in [2.24, 2.45) is 0 Å². The molecular formula is C13H20N2O2. The van der Waals surface area contributed by atoms with Crippen molar-refractivity contribution in [1.82, 2.24) is 10.6 Å².